The number of pyridine rings is 2. The van der Waals surface area contributed by atoms with Gasteiger partial charge in [0.1, 0.15) is 0 Å². The number of hydrogen-bond acceptors (Lipinski definition) is 8. The topological polar surface area (TPSA) is 165 Å². The normalized spacial score (nSPS) is 15.8. The van der Waals surface area contributed by atoms with Gasteiger partial charge in [0, 0.05) is 17.8 Å². The quantitative estimate of drug-likeness (QED) is 0.309. The lowest BCUT2D eigenvalue weighted by atomic mass is 10.1. The average Bonchev–Trinajstić information content (AvgIpc) is 3.50. The highest BCUT2D eigenvalue weighted by molar-refractivity contribution is 7.89. The summed E-state index contributed by atoms with van der Waals surface area (Å²) in [4.78, 5) is 32.2. The molecule has 12 nitrogen and oxygen atoms in total. The van der Waals surface area contributed by atoms with Gasteiger partial charge in [0.15, 0.2) is 5.69 Å². The Bertz CT molecular complexity index is 1730. The Labute approximate surface area is 231 Å². The number of aryl methyl sites for hydroxylation is 2. The van der Waals surface area contributed by atoms with Gasteiger partial charge < -0.3 is 10.6 Å². The van der Waals surface area contributed by atoms with Gasteiger partial charge in [-0.2, -0.15) is 0 Å². The SMILES string of the molecule is Cc1cc(-c2ccc3c(C(=O)Nc4cc(NC(=O)CN5CCC[C@@H]5C)cnc4C)nnn3c2)ccc1S(N)(=O)=O. The lowest BCUT2D eigenvalue weighted by Crippen LogP contribution is -2.35. The van der Waals surface area contributed by atoms with Gasteiger partial charge in [-0.15, -0.1) is 5.10 Å². The fraction of sp³-hybridized carbons (Fsp3) is 0.296. The third kappa shape index (κ3) is 5.71. The fourth-order valence-electron chi connectivity index (χ4n) is 4.90. The number of benzene rings is 1. The largest absolute Gasteiger partial charge is 0.324 e. The predicted octanol–water partition coefficient (Wildman–Crippen LogP) is 2.73. The van der Waals surface area contributed by atoms with Crippen LogP contribution in [-0.2, 0) is 14.8 Å². The van der Waals surface area contributed by atoms with E-state index in [-0.39, 0.29) is 16.5 Å². The molecule has 1 aliphatic rings. The average molecular weight is 563 g/mol. The Balaban J connectivity index is 1.32. The highest BCUT2D eigenvalue weighted by Gasteiger charge is 2.23. The summed E-state index contributed by atoms with van der Waals surface area (Å²) in [6.45, 7) is 6.75. The molecule has 2 amide bonds. The van der Waals surface area contributed by atoms with Crippen LogP contribution in [0.15, 0.2) is 53.7 Å². The molecular formula is C27H30N8O4S. The molecule has 1 aliphatic heterocycles. The number of anilines is 2. The van der Waals surface area contributed by atoms with Crippen LogP contribution >= 0.6 is 0 Å². The molecule has 1 atom stereocenters. The first-order valence-electron chi connectivity index (χ1n) is 12.8. The number of nitrogens with zero attached hydrogens (tertiary/aromatic N) is 5. The van der Waals surface area contributed by atoms with E-state index in [1.54, 1.807) is 56.6 Å². The molecule has 0 spiro atoms. The number of aromatic nitrogens is 4. The van der Waals surface area contributed by atoms with Gasteiger partial charge in [-0.1, -0.05) is 23.4 Å². The van der Waals surface area contributed by atoms with Gasteiger partial charge in [0.25, 0.3) is 5.91 Å². The molecule has 0 aliphatic carbocycles. The van der Waals surface area contributed by atoms with Gasteiger partial charge in [0.2, 0.25) is 15.9 Å². The molecule has 3 aromatic heterocycles. The molecule has 4 N–H and O–H groups in total. The second-order valence-corrected chi connectivity index (χ2v) is 11.6. The Kier molecular flexibility index (Phi) is 7.36. The monoisotopic (exact) mass is 562 g/mol. The van der Waals surface area contributed by atoms with Crippen molar-refractivity contribution in [3.63, 3.8) is 0 Å². The van der Waals surface area contributed by atoms with E-state index in [0.717, 1.165) is 30.5 Å². The minimum absolute atomic E-state index is 0.0617. The zero-order chi connectivity index (χ0) is 28.6. The number of fused-ring (bicyclic) bond motifs is 1. The number of carbonyl (C=O) groups excluding carboxylic acids is 2. The lowest BCUT2D eigenvalue weighted by Gasteiger charge is -2.20. The summed E-state index contributed by atoms with van der Waals surface area (Å²) in [6.07, 6.45) is 5.43. The fourth-order valence-corrected chi connectivity index (χ4v) is 5.66. The van der Waals surface area contributed by atoms with Crippen molar-refractivity contribution in [1.82, 2.24) is 24.7 Å². The maximum atomic E-state index is 13.2. The number of nitrogens with one attached hydrogen (secondary N) is 2. The summed E-state index contributed by atoms with van der Waals surface area (Å²) in [5, 5.41) is 19.1. The number of carbonyl (C=O) groups is 2. The molecule has 1 aromatic carbocycles. The minimum Gasteiger partial charge on any atom is -0.324 e. The van der Waals surface area contributed by atoms with Gasteiger partial charge in [0.05, 0.1) is 40.2 Å². The molecule has 4 aromatic rings. The Morgan fingerprint density at radius 2 is 1.88 bits per heavy atom. The van der Waals surface area contributed by atoms with E-state index in [1.165, 1.54) is 10.6 Å². The summed E-state index contributed by atoms with van der Waals surface area (Å²) in [6, 6.07) is 10.4. The zero-order valence-electron chi connectivity index (χ0n) is 22.4. The Morgan fingerprint density at radius 1 is 1.10 bits per heavy atom. The Morgan fingerprint density at radius 3 is 2.58 bits per heavy atom. The Hall–Kier alpha value is -4.20. The second-order valence-electron chi connectivity index (χ2n) is 10.0. The second kappa shape index (κ2) is 10.8. The van der Waals surface area contributed by atoms with Gasteiger partial charge >= 0.3 is 0 Å². The standard InChI is InChI=1S/C27H30N8O4S/c1-16-11-19(7-9-24(16)40(28,38)39)20-6-8-23-26(32-33-35(23)14-20)27(37)31-22-12-21(13-29-18(22)3)30-25(36)15-34-10-4-5-17(34)2/h6-9,11-14,17H,4-5,10,15H2,1-3H3,(H,30,36)(H,31,37)(H2,28,38,39)/t17-/m0/s1. The molecule has 0 bridgehead atoms. The van der Waals surface area contributed by atoms with Crippen LogP contribution in [0.4, 0.5) is 11.4 Å². The van der Waals surface area contributed by atoms with E-state index in [9.17, 15) is 18.0 Å². The van der Waals surface area contributed by atoms with Crippen LogP contribution in [0.2, 0.25) is 0 Å². The summed E-state index contributed by atoms with van der Waals surface area (Å²) in [5.74, 6) is -0.610. The number of amides is 2. The van der Waals surface area contributed by atoms with Crippen molar-refractivity contribution in [2.75, 3.05) is 23.7 Å². The molecule has 40 heavy (non-hydrogen) atoms. The summed E-state index contributed by atoms with van der Waals surface area (Å²) in [5.41, 5.74) is 4.13. The molecule has 208 valence electrons. The highest BCUT2D eigenvalue weighted by atomic mass is 32.2. The number of nitrogens with two attached hydrogens (primary N) is 1. The van der Waals surface area contributed by atoms with Crippen molar-refractivity contribution in [3.8, 4) is 11.1 Å². The lowest BCUT2D eigenvalue weighted by molar-refractivity contribution is -0.117. The van der Waals surface area contributed by atoms with Crippen LogP contribution in [0, 0.1) is 13.8 Å². The van der Waals surface area contributed by atoms with E-state index in [1.807, 2.05) is 0 Å². The molecule has 1 fully saturated rings. The maximum Gasteiger partial charge on any atom is 0.278 e. The number of hydrogen-bond donors (Lipinski definition) is 3. The summed E-state index contributed by atoms with van der Waals surface area (Å²) >= 11 is 0. The number of primary sulfonamides is 1. The van der Waals surface area contributed by atoms with E-state index in [2.05, 4.69) is 37.8 Å². The van der Waals surface area contributed by atoms with Crippen LogP contribution in [0.25, 0.3) is 16.6 Å². The van der Waals surface area contributed by atoms with Crippen molar-refractivity contribution in [1.29, 1.82) is 0 Å². The van der Waals surface area contributed by atoms with E-state index < -0.39 is 15.9 Å². The molecule has 0 radical (unpaired) electrons. The van der Waals surface area contributed by atoms with Crippen LogP contribution < -0.4 is 15.8 Å². The summed E-state index contributed by atoms with van der Waals surface area (Å²) in [7, 11) is -3.82. The zero-order valence-corrected chi connectivity index (χ0v) is 23.2. The third-order valence-electron chi connectivity index (χ3n) is 7.10. The first-order valence-corrected chi connectivity index (χ1v) is 14.3. The number of likely N-dealkylation sites (tertiary alicyclic amines) is 1. The first-order chi connectivity index (χ1) is 19.0. The molecule has 0 saturated carbocycles. The van der Waals surface area contributed by atoms with Crippen LogP contribution in [-0.4, -0.2) is 64.1 Å². The van der Waals surface area contributed by atoms with Crippen LogP contribution in [0.1, 0.15) is 41.5 Å². The van der Waals surface area contributed by atoms with Crippen molar-refractivity contribution >= 4 is 38.7 Å². The number of sulfonamides is 1. The van der Waals surface area contributed by atoms with E-state index >= 15 is 0 Å². The van der Waals surface area contributed by atoms with Gasteiger partial charge in [-0.3, -0.25) is 19.5 Å². The van der Waals surface area contributed by atoms with Crippen LogP contribution in [0.5, 0.6) is 0 Å². The van der Waals surface area contributed by atoms with Crippen molar-refractivity contribution in [2.45, 2.75) is 44.6 Å². The molecule has 4 heterocycles. The molecule has 13 heteroatoms. The maximum absolute atomic E-state index is 13.2. The van der Waals surface area contributed by atoms with E-state index in [4.69, 9.17) is 5.14 Å². The predicted molar refractivity (Wildman–Crippen MR) is 150 cm³/mol. The van der Waals surface area contributed by atoms with Gasteiger partial charge in [-0.25, -0.2) is 18.1 Å². The van der Waals surface area contributed by atoms with Crippen molar-refractivity contribution < 1.29 is 18.0 Å². The molecule has 0 unspecified atom stereocenters. The van der Waals surface area contributed by atoms with Crippen molar-refractivity contribution in [2.24, 2.45) is 5.14 Å². The molecule has 1 saturated heterocycles. The summed E-state index contributed by atoms with van der Waals surface area (Å²) < 4.78 is 24.9. The smallest absolute Gasteiger partial charge is 0.278 e. The third-order valence-corrected chi connectivity index (χ3v) is 8.17. The minimum atomic E-state index is -3.82. The first kappa shape index (κ1) is 27.4. The highest BCUT2D eigenvalue weighted by Crippen LogP contribution is 2.26. The van der Waals surface area contributed by atoms with E-state index in [0.29, 0.717) is 40.7 Å². The molecular weight excluding hydrogens is 532 g/mol. The number of rotatable bonds is 7. The molecule has 5 rings (SSSR count). The van der Waals surface area contributed by atoms with Gasteiger partial charge in [-0.05, 0) is 69.5 Å². The van der Waals surface area contributed by atoms with Crippen molar-refractivity contribution in [3.05, 3.63) is 65.7 Å². The van der Waals surface area contributed by atoms with Crippen LogP contribution in [0.3, 0.4) is 0 Å².